The van der Waals surface area contributed by atoms with Crippen molar-refractivity contribution in [2.75, 3.05) is 0 Å². The van der Waals surface area contributed by atoms with Crippen LogP contribution in [0.3, 0.4) is 0 Å². The molecule has 0 radical (unpaired) electrons. The molecule has 0 bridgehead atoms. The van der Waals surface area contributed by atoms with Crippen LogP contribution in [0.2, 0.25) is 7.35 Å². The van der Waals surface area contributed by atoms with Crippen LogP contribution < -0.4 is 0 Å². The first-order valence-corrected chi connectivity index (χ1v) is 33.1. The standard InChI is InChI=1S/2C28H23.C6H10.2ClH.Hf/c2*1-2-9-19(8-1)23-17-22-12-7-15-26(27(22)18-23)28-24-13-5-3-10-20(24)16-21-11-4-6-14-25(21)28;1-2-4-6-5-3-1;;;/h2*3-7,10-19H,1-2,8-9H2;1-2H,3-6H2;2*1H;. The molecule has 1 heterocycles. The normalized spacial score (nSPS) is 24.7. The Morgan fingerprint density at radius 3 is 1.06 bits per heavy atom. The van der Waals surface area contributed by atoms with E-state index in [1.165, 1.54) is 142 Å². The average Bonchev–Trinajstić information content (AvgIpc) is 4.02. The van der Waals surface area contributed by atoms with E-state index in [0.717, 1.165) is 19.2 Å². The van der Waals surface area contributed by atoms with Gasteiger partial charge in [-0.2, -0.15) is 0 Å². The van der Waals surface area contributed by atoms with Gasteiger partial charge in [0, 0.05) is 0 Å². The molecule has 4 atom stereocenters. The van der Waals surface area contributed by atoms with Gasteiger partial charge in [0.15, 0.2) is 0 Å². The second kappa shape index (κ2) is 16.5. The van der Waals surface area contributed by atoms with Crippen LogP contribution in [-0.4, -0.2) is 0 Å². The summed E-state index contributed by atoms with van der Waals surface area (Å²) in [5.74, 6) is 1.46. The first-order chi connectivity index (χ1) is 31.3. The SMILES string of the molecule is C1=C(C2CCCC2)[CH]([Hf]2([CH]3C(C4CCCC4)=Cc4c(-c5c6ccccc6cc6ccccc56)cccc43)[CH]3CCCC[CH]32)c2cccc(-c3c4ccccc4cc4ccccc34)c21.Cl.Cl. The van der Waals surface area contributed by atoms with E-state index in [2.05, 4.69) is 158 Å². The van der Waals surface area contributed by atoms with E-state index in [4.69, 9.17) is 0 Å². The quantitative estimate of drug-likeness (QED) is 0.115. The molecule has 0 nitrogen and oxygen atoms in total. The van der Waals surface area contributed by atoms with Gasteiger partial charge in [0.05, 0.1) is 0 Å². The third-order valence-corrected chi connectivity index (χ3v) is 42.5. The number of hydrogen-bond acceptors (Lipinski definition) is 0. The van der Waals surface area contributed by atoms with Crippen molar-refractivity contribution >= 4 is 80.1 Å². The molecule has 0 spiro atoms. The molecule has 1 saturated heterocycles. The number of hydrogen-bond donors (Lipinski definition) is 0. The molecule has 0 N–H and O–H groups in total. The number of halogens is 2. The van der Waals surface area contributed by atoms with Gasteiger partial charge in [-0.1, -0.05) is 0 Å². The first-order valence-electron chi connectivity index (χ1n) is 24.8. The van der Waals surface area contributed by atoms with E-state index in [0.29, 0.717) is 7.35 Å². The van der Waals surface area contributed by atoms with Gasteiger partial charge in [-0.05, 0) is 0 Å². The molecule has 1 aliphatic heterocycles. The van der Waals surface area contributed by atoms with Gasteiger partial charge in [0.2, 0.25) is 0 Å². The maximum atomic E-state index is 2.88. The van der Waals surface area contributed by atoms with Crippen molar-refractivity contribution in [2.24, 2.45) is 11.8 Å². The van der Waals surface area contributed by atoms with Gasteiger partial charge < -0.3 is 0 Å². The van der Waals surface area contributed by atoms with Gasteiger partial charge in [0.1, 0.15) is 0 Å². The van der Waals surface area contributed by atoms with E-state index < -0.39 is 20.0 Å². The number of rotatable bonds is 6. The predicted molar refractivity (Wildman–Crippen MR) is 280 cm³/mol. The zero-order chi connectivity index (χ0) is 41.2. The van der Waals surface area contributed by atoms with Crippen molar-refractivity contribution in [3.05, 3.63) is 179 Å². The van der Waals surface area contributed by atoms with Crippen LogP contribution in [0.5, 0.6) is 0 Å². The van der Waals surface area contributed by atoms with Gasteiger partial charge in [-0.15, -0.1) is 24.8 Å². The fraction of sp³-hybridized carbons (Fsp3) is 0.290. The molecular formula is C62H58Cl2Hf. The Labute approximate surface area is 401 Å². The largest absolute Gasteiger partial charge is 0.147 e. The second-order valence-corrected chi connectivity index (χ2v) is 37.3. The third-order valence-electron chi connectivity index (χ3n) is 17.9. The van der Waals surface area contributed by atoms with Crippen LogP contribution >= 0.6 is 24.8 Å². The molecule has 8 aromatic rings. The minimum atomic E-state index is -3.55. The Morgan fingerprint density at radius 2 is 0.692 bits per heavy atom. The van der Waals surface area contributed by atoms with Gasteiger partial charge in [-0.3, -0.25) is 0 Å². The topological polar surface area (TPSA) is 0 Å². The maximum absolute atomic E-state index is 3.55. The van der Waals surface area contributed by atoms with Crippen molar-refractivity contribution in [3.63, 3.8) is 0 Å². The van der Waals surface area contributed by atoms with Crippen LogP contribution in [0.25, 0.3) is 77.5 Å². The third kappa shape index (κ3) is 6.23. The first kappa shape index (κ1) is 42.1. The van der Waals surface area contributed by atoms with Crippen LogP contribution in [-0.2, 0) is 20.0 Å². The molecule has 65 heavy (non-hydrogen) atoms. The summed E-state index contributed by atoms with van der Waals surface area (Å²) >= 11 is -3.55. The Bertz CT molecular complexity index is 2930. The van der Waals surface area contributed by atoms with Crippen LogP contribution in [0.1, 0.15) is 107 Å². The summed E-state index contributed by atoms with van der Waals surface area (Å²) < 4.78 is 3.31. The Morgan fingerprint density at radius 1 is 0.354 bits per heavy atom. The van der Waals surface area contributed by atoms with E-state index in [1.807, 2.05) is 11.1 Å². The zero-order valence-corrected chi connectivity index (χ0v) is 42.5. The molecule has 6 aliphatic rings. The fourth-order valence-corrected chi connectivity index (χ4v) is 51.1. The molecule has 3 saturated carbocycles. The second-order valence-electron chi connectivity index (χ2n) is 20.6. The fourth-order valence-electron chi connectivity index (χ4n) is 15.5. The predicted octanol–water partition coefficient (Wildman–Crippen LogP) is 18.8. The van der Waals surface area contributed by atoms with Crippen molar-refractivity contribution in [1.82, 2.24) is 0 Å². The molecule has 0 aromatic heterocycles. The number of benzene rings is 8. The Balaban J connectivity index is 0.00000222. The summed E-state index contributed by atoms with van der Waals surface area (Å²) in [6, 6.07) is 57.1. The van der Waals surface area contributed by atoms with Gasteiger partial charge in [0.25, 0.3) is 0 Å². The molecular weight excluding hydrogens is 994 g/mol. The Hall–Kier alpha value is -4.27. The zero-order valence-electron chi connectivity index (χ0n) is 37.3. The summed E-state index contributed by atoms with van der Waals surface area (Å²) in [6.45, 7) is 0. The van der Waals surface area contributed by atoms with Crippen LogP contribution in [0.4, 0.5) is 0 Å². The van der Waals surface area contributed by atoms with Gasteiger partial charge in [-0.25, -0.2) is 0 Å². The van der Waals surface area contributed by atoms with Crippen molar-refractivity contribution < 1.29 is 20.0 Å². The van der Waals surface area contributed by atoms with Crippen LogP contribution in [0, 0.1) is 11.8 Å². The Kier molecular flexibility index (Phi) is 10.7. The average molecular weight is 1050 g/mol. The minimum absolute atomic E-state index is 0. The van der Waals surface area contributed by atoms with E-state index in [9.17, 15) is 0 Å². The summed E-state index contributed by atoms with van der Waals surface area (Å²) in [4.78, 5) is 0. The summed E-state index contributed by atoms with van der Waals surface area (Å²) in [5, 5.41) is 11.0. The smallest absolute Gasteiger partial charge is 0.147 e. The molecule has 8 aromatic carbocycles. The summed E-state index contributed by atoms with van der Waals surface area (Å²) in [6.07, 6.45) is 22.7. The maximum Gasteiger partial charge on any atom is -0.147 e. The minimum Gasteiger partial charge on any atom is -0.147 e. The molecule has 5 aliphatic carbocycles. The molecule has 324 valence electrons. The van der Waals surface area contributed by atoms with E-state index >= 15 is 0 Å². The summed E-state index contributed by atoms with van der Waals surface area (Å²) in [5.41, 5.74) is 16.4. The van der Waals surface area contributed by atoms with E-state index in [1.54, 1.807) is 22.3 Å². The number of fused-ring (bicyclic) bond motifs is 7. The molecule has 3 heteroatoms. The van der Waals surface area contributed by atoms with E-state index in [-0.39, 0.29) is 24.8 Å². The van der Waals surface area contributed by atoms with Crippen molar-refractivity contribution in [3.8, 4) is 22.3 Å². The number of allylic oxidation sites excluding steroid dienone is 2. The van der Waals surface area contributed by atoms with Crippen molar-refractivity contribution in [2.45, 2.75) is 91.7 Å². The van der Waals surface area contributed by atoms with Crippen LogP contribution in [0.15, 0.2) is 157 Å². The molecule has 4 fully saturated rings. The molecule has 14 rings (SSSR count). The molecule has 4 unspecified atom stereocenters. The summed E-state index contributed by atoms with van der Waals surface area (Å²) in [7, 11) is 0. The monoisotopic (exact) mass is 1050 g/mol. The van der Waals surface area contributed by atoms with Crippen molar-refractivity contribution in [1.29, 1.82) is 0 Å². The van der Waals surface area contributed by atoms with Gasteiger partial charge >= 0.3 is 380 Å². The molecule has 0 amide bonds.